The summed E-state index contributed by atoms with van der Waals surface area (Å²) in [6.45, 7) is -0.515. The molecule has 0 spiro atoms. The predicted molar refractivity (Wildman–Crippen MR) is 130 cm³/mol. The molecule has 11 heteroatoms. The van der Waals surface area contributed by atoms with Gasteiger partial charge in [-0.15, -0.1) is 0 Å². The smallest absolute Gasteiger partial charge is 0.319 e. The molecule has 0 heterocycles. The normalized spacial score (nSPS) is 11.3. The van der Waals surface area contributed by atoms with E-state index in [-0.39, 0.29) is 0 Å². The molecule has 0 radical (unpaired) electrons. The van der Waals surface area contributed by atoms with E-state index in [9.17, 15) is 0 Å². The molecule has 30 heavy (non-hydrogen) atoms. The van der Waals surface area contributed by atoms with Crippen LogP contribution in [-0.2, 0) is 39.6 Å². The van der Waals surface area contributed by atoms with Gasteiger partial charge in [0.25, 0.3) is 0 Å². The largest absolute Gasteiger partial charge is 0.325 e. The first kappa shape index (κ1) is 33.1. The van der Waals surface area contributed by atoms with Gasteiger partial charge in [0.05, 0.1) is 0 Å². The van der Waals surface area contributed by atoms with Crippen molar-refractivity contribution in [1.82, 2.24) is 0 Å². The van der Waals surface area contributed by atoms with E-state index < -0.39 is 29.4 Å². The molecule has 6 N–H and O–H groups in total. The van der Waals surface area contributed by atoms with Gasteiger partial charge in [-0.2, -0.15) is 0 Å². The molecule has 0 amide bonds. The van der Waals surface area contributed by atoms with Crippen molar-refractivity contribution in [3.8, 4) is 0 Å². The zero-order valence-electron chi connectivity index (χ0n) is 18.4. The maximum absolute atomic E-state index is 7.56. The first-order valence-electron chi connectivity index (χ1n) is 10.6. The summed E-state index contributed by atoms with van der Waals surface area (Å²) in [5.41, 5.74) is 0. The fourth-order valence-corrected chi connectivity index (χ4v) is 12.5. The Bertz CT molecular complexity index is 574. The summed E-state index contributed by atoms with van der Waals surface area (Å²) < 4.78 is 1.76. The van der Waals surface area contributed by atoms with Crippen molar-refractivity contribution < 1.29 is 45.3 Å². The third-order valence-electron chi connectivity index (χ3n) is 4.63. The molecule has 0 atom stereocenters. The monoisotopic (exact) mass is 553 g/mol. The average Bonchev–Trinajstić information content (AvgIpc) is 2.57. The minimum absolute atomic E-state index is 0.889. The molecule has 0 saturated carbocycles. The molecule has 0 aliphatic carbocycles. The molecule has 1 aromatic rings. The molecule has 1 rings (SSSR count). The van der Waals surface area contributed by atoms with E-state index in [1.807, 2.05) is 0 Å². The summed E-state index contributed by atoms with van der Waals surface area (Å²) in [5, 5.41) is 3.12. The fourth-order valence-electron chi connectivity index (χ4n) is 3.46. The minimum atomic E-state index is -3.81. The summed E-state index contributed by atoms with van der Waals surface area (Å²) in [4.78, 5) is 45.3. The Kier molecular flexibility index (Phi) is 21.4. The molecular formula is C19H39O6P2S2Zn. The number of hydrogen-bond donors (Lipinski definition) is 6. The van der Waals surface area contributed by atoms with Crippen LogP contribution < -0.4 is 4.16 Å². The van der Waals surface area contributed by atoms with Gasteiger partial charge in [-0.05, 0) is 23.6 Å². The molecular weight excluding hydrogens is 516 g/mol. The summed E-state index contributed by atoms with van der Waals surface area (Å²) in [6.07, 6.45) is 10.1. The van der Waals surface area contributed by atoms with Crippen molar-refractivity contribution in [2.75, 3.05) is 0 Å². The zero-order valence-corrected chi connectivity index (χ0v) is 24.8. The van der Waals surface area contributed by atoms with Gasteiger partial charge in [0, 0.05) is 0 Å². The average molecular weight is 555 g/mol. The summed E-state index contributed by atoms with van der Waals surface area (Å²) in [5.74, 6) is 0.889. The summed E-state index contributed by atoms with van der Waals surface area (Å²) in [6, 6.07) is 11.5. The Labute approximate surface area is 197 Å². The molecule has 0 aromatic heterocycles. The third kappa shape index (κ3) is 33.5. The van der Waals surface area contributed by atoms with Gasteiger partial charge in [0.1, 0.15) is 0 Å². The van der Waals surface area contributed by atoms with Crippen molar-refractivity contribution in [2.24, 2.45) is 5.92 Å². The van der Waals surface area contributed by atoms with Crippen molar-refractivity contribution in [3.05, 3.63) is 30.3 Å². The number of benzene rings is 1. The second-order valence-corrected chi connectivity index (χ2v) is 21.0. The van der Waals surface area contributed by atoms with Gasteiger partial charge < -0.3 is 29.4 Å². The van der Waals surface area contributed by atoms with Crippen LogP contribution in [-0.4, -0.2) is 29.4 Å². The fraction of sp³-hybridized carbons (Fsp3) is 0.684. The third-order valence-corrected chi connectivity index (χ3v) is 14.8. The zero-order chi connectivity index (χ0) is 23.6. The van der Waals surface area contributed by atoms with Gasteiger partial charge >= 0.3 is 146 Å². The molecule has 175 valence electrons. The molecule has 0 saturated heterocycles. The SMILES string of the molecule is CCCCCCCC[CH2][Zn]([CH2]C(C)C)[c]1ccccc1.OP(O)(O)=S.OP(O)(O)=S. The van der Waals surface area contributed by atoms with Crippen LogP contribution in [0.15, 0.2) is 30.3 Å². The van der Waals surface area contributed by atoms with Crippen molar-refractivity contribution >= 4 is 41.2 Å². The van der Waals surface area contributed by atoms with Gasteiger partial charge in [-0.25, -0.2) is 0 Å². The minimum Gasteiger partial charge on any atom is -0.325 e. The summed E-state index contributed by atoms with van der Waals surface area (Å²) >= 11 is 5.75. The van der Waals surface area contributed by atoms with Crippen LogP contribution in [0.25, 0.3) is 0 Å². The van der Waals surface area contributed by atoms with E-state index in [0.717, 1.165) is 5.92 Å². The van der Waals surface area contributed by atoms with E-state index >= 15 is 0 Å². The van der Waals surface area contributed by atoms with E-state index in [4.69, 9.17) is 29.4 Å². The van der Waals surface area contributed by atoms with Crippen molar-refractivity contribution in [2.45, 2.75) is 75.7 Å². The van der Waals surface area contributed by atoms with E-state index in [2.05, 4.69) is 74.7 Å². The Balaban J connectivity index is 0. The predicted octanol–water partition coefficient (Wildman–Crippen LogP) is 4.55. The Morgan fingerprint density at radius 3 is 1.57 bits per heavy atom. The van der Waals surface area contributed by atoms with E-state index in [1.54, 1.807) is 14.2 Å². The maximum Gasteiger partial charge on any atom is 0.319 e. The number of hydrogen-bond acceptors (Lipinski definition) is 2. The Morgan fingerprint density at radius 2 is 1.17 bits per heavy atom. The maximum atomic E-state index is 7.56. The molecule has 0 fully saturated rings. The van der Waals surface area contributed by atoms with E-state index in [1.165, 1.54) is 44.9 Å². The molecule has 0 aliphatic rings. The van der Waals surface area contributed by atoms with Gasteiger partial charge in [0.2, 0.25) is 0 Å². The standard InChI is InChI=1S/C9H19.C6H5.C4H9.2H3O3PS.Zn/c1-3-5-7-9-8-6-4-2;1-2-4-6-5-3-1;1-4(2)3;2*1-4(2,3)5;/h1,3-9H2,2H3;1-5H;4H,1H2,2-3H3;2*(H3,1,2,3,5);. The van der Waals surface area contributed by atoms with Crippen LogP contribution in [0.3, 0.4) is 0 Å². The molecule has 1 aromatic carbocycles. The molecule has 0 aliphatic heterocycles. The van der Waals surface area contributed by atoms with Gasteiger partial charge in [0.15, 0.2) is 0 Å². The number of unbranched alkanes of at least 4 members (excludes halogenated alkanes) is 6. The molecule has 0 unspecified atom stereocenters. The van der Waals surface area contributed by atoms with Crippen LogP contribution in [0.4, 0.5) is 0 Å². The van der Waals surface area contributed by atoms with Gasteiger partial charge in [-0.3, -0.25) is 0 Å². The first-order chi connectivity index (χ1) is 13.7. The Morgan fingerprint density at radius 1 is 0.767 bits per heavy atom. The molecule has 0 bridgehead atoms. The van der Waals surface area contributed by atoms with Crippen LogP contribution in [0, 0.1) is 5.92 Å². The van der Waals surface area contributed by atoms with E-state index in [0.29, 0.717) is 0 Å². The second-order valence-electron chi connectivity index (χ2n) is 8.02. The topological polar surface area (TPSA) is 121 Å². The van der Waals surface area contributed by atoms with Crippen LogP contribution >= 0.6 is 13.4 Å². The molecule has 6 nitrogen and oxygen atoms in total. The van der Waals surface area contributed by atoms with Gasteiger partial charge in [-0.1, -0.05) is 0 Å². The van der Waals surface area contributed by atoms with Crippen LogP contribution in [0.2, 0.25) is 10.0 Å². The second kappa shape index (κ2) is 19.4. The first-order valence-corrected chi connectivity index (χ1v) is 21.6. The van der Waals surface area contributed by atoms with Crippen LogP contribution in [0.1, 0.15) is 65.7 Å². The van der Waals surface area contributed by atoms with Crippen molar-refractivity contribution in [1.29, 1.82) is 0 Å². The summed E-state index contributed by atoms with van der Waals surface area (Å²) in [7, 11) is 0. The Hall–Kier alpha value is 0.903. The van der Waals surface area contributed by atoms with Crippen LogP contribution in [0.5, 0.6) is 0 Å². The van der Waals surface area contributed by atoms with Crippen molar-refractivity contribution in [3.63, 3.8) is 0 Å². The number of rotatable bonds is 11. The quantitative estimate of drug-likeness (QED) is 0.134.